The van der Waals surface area contributed by atoms with E-state index in [0.29, 0.717) is 12.4 Å². The zero-order valence-electron chi connectivity index (χ0n) is 13.4. The van der Waals surface area contributed by atoms with Gasteiger partial charge in [-0.05, 0) is 34.7 Å². The van der Waals surface area contributed by atoms with Gasteiger partial charge in [-0.25, -0.2) is 9.78 Å². The number of pyridine rings is 1. The Hall–Kier alpha value is -0.933. The van der Waals surface area contributed by atoms with Crippen molar-refractivity contribution in [3.8, 4) is 0 Å². The maximum absolute atomic E-state index is 11.9. The number of ether oxygens (including phenoxy) is 2. The van der Waals surface area contributed by atoms with Crippen LogP contribution >= 0.6 is 22.6 Å². The minimum Gasteiger partial charge on any atom is -0.464 e. The van der Waals surface area contributed by atoms with E-state index in [1.54, 1.807) is 6.20 Å². The van der Waals surface area contributed by atoms with E-state index in [1.807, 2.05) is 16.8 Å². The van der Waals surface area contributed by atoms with Crippen molar-refractivity contribution in [1.29, 1.82) is 0 Å². The summed E-state index contributed by atoms with van der Waals surface area (Å²) in [5.74, 6) is -0.427. The van der Waals surface area contributed by atoms with E-state index < -0.39 is 14.0 Å². The monoisotopic (exact) mass is 432 g/mol. The molecule has 22 heavy (non-hydrogen) atoms. The topological polar surface area (TPSA) is 53.3 Å². The maximum atomic E-state index is 11.9. The molecular weight excluding hydrogens is 411 g/mol. The van der Waals surface area contributed by atoms with Gasteiger partial charge in [0.15, 0.2) is 5.69 Å². The van der Waals surface area contributed by atoms with Gasteiger partial charge in [-0.2, -0.15) is 0 Å². The predicted octanol–water partition coefficient (Wildman–Crippen LogP) is 3.74. The lowest BCUT2D eigenvalue weighted by Gasteiger charge is -2.16. The number of esters is 1. The fraction of sp³-hybridized carbons (Fsp3) is 0.467. The highest BCUT2D eigenvalue weighted by Crippen LogP contribution is 2.25. The maximum Gasteiger partial charge on any atom is 0.358 e. The number of nitrogens with zero attached hydrogens (tertiary/aromatic N) is 2. The molecule has 2 heterocycles. The molecule has 2 aromatic heterocycles. The number of rotatable bonds is 6. The molecule has 0 N–H and O–H groups in total. The molecule has 0 aliphatic heterocycles. The van der Waals surface area contributed by atoms with Crippen molar-refractivity contribution in [2.45, 2.75) is 32.4 Å². The quantitative estimate of drug-likeness (QED) is 0.302. The van der Waals surface area contributed by atoms with Crippen LogP contribution in [0.4, 0.5) is 0 Å². The Morgan fingerprint density at radius 3 is 2.77 bits per heavy atom. The number of aromatic nitrogens is 2. The van der Waals surface area contributed by atoms with Gasteiger partial charge in [0, 0.05) is 36.0 Å². The Balaban J connectivity index is 2.24. The fourth-order valence-electron chi connectivity index (χ4n) is 2.10. The van der Waals surface area contributed by atoms with Gasteiger partial charge in [-0.3, -0.25) is 0 Å². The Morgan fingerprint density at radius 2 is 2.14 bits per heavy atom. The van der Waals surface area contributed by atoms with Gasteiger partial charge in [-0.1, -0.05) is 19.6 Å². The summed E-state index contributed by atoms with van der Waals surface area (Å²) >= 11 is 2.26. The first kappa shape index (κ1) is 17.4. The largest absolute Gasteiger partial charge is 0.464 e. The molecule has 2 rings (SSSR count). The van der Waals surface area contributed by atoms with E-state index >= 15 is 0 Å². The van der Waals surface area contributed by atoms with Gasteiger partial charge in [0.2, 0.25) is 0 Å². The standard InChI is InChI=1S/C15H21IN2O3Si/c1-20-15(19)13-14-11(5-6-17-13)12(16)9-18(14)10-21-7-8-22(2,3)4/h5-6,9H,7-8,10H2,1-4H3. The highest BCUT2D eigenvalue weighted by Gasteiger charge is 2.18. The summed E-state index contributed by atoms with van der Waals surface area (Å²) in [6.45, 7) is 8.12. The van der Waals surface area contributed by atoms with Crippen LogP contribution < -0.4 is 0 Å². The lowest BCUT2D eigenvalue weighted by Crippen LogP contribution is -2.22. The summed E-state index contributed by atoms with van der Waals surface area (Å²) in [6, 6.07) is 3.02. The number of carbonyl (C=O) groups is 1. The molecule has 0 aromatic carbocycles. The molecule has 0 fully saturated rings. The first-order valence-corrected chi connectivity index (χ1v) is 11.9. The highest BCUT2D eigenvalue weighted by molar-refractivity contribution is 14.1. The molecule has 0 bridgehead atoms. The summed E-state index contributed by atoms with van der Waals surface area (Å²) in [5.41, 5.74) is 1.10. The molecule has 2 aromatic rings. The van der Waals surface area contributed by atoms with E-state index in [0.717, 1.165) is 27.1 Å². The third-order valence-electron chi connectivity index (χ3n) is 3.34. The van der Waals surface area contributed by atoms with E-state index in [9.17, 15) is 4.79 Å². The number of methoxy groups -OCH3 is 1. The highest BCUT2D eigenvalue weighted by atomic mass is 127. The van der Waals surface area contributed by atoms with Crippen molar-refractivity contribution in [2.75, 3.05) is 13.7 Å². The molecule has 0 unspecified atom stereocenters. The van der Waals surface area contributed by atoms with Crippen LogP contribution in [0.25, 0.3) is 10.9 Å². The molecular formula is C15H21IN2O3Si. The Morgan fingerprint density at radius 1 is 1.41 bits per heavy atom. The molecule has 120 valence electrons. The van der Waals surface area contributed by atoms with Gasteiger partial charge in [0.05, 0.1) is 12.6 Å². The Labute approximate surface area is 145 Å². The minimum atomic E-state index is -1.10. The molecule has 0 spiro atoms. The number of carbonyl (C=O) groups excluding carboxylic acids is 1. The van der Waals surface area contributed by atoms with Gasteiger partial charge in [0.1, 0.15) is 6.73 Å². The van der Waals surface area contributed by atoms with Crippen LogP contribution in [0.15, 0.2) is 18.5 Å². The number of halogens is 1. The van der Waals surface area contributed by atoms with E-state index in [2.05, 4.69) is 47.2 Å². The van der Waals surface area contributed by atoms with Gasteiger partial charge in [-0.15, -0.1) is 0 Å². The van der Waals surface area contributed by atoms with Gasteiger partial charge >= 0.3 is 5.97 Å². The molecule has 0 amide bonds. The molecule has 0 atom stereocenters. The summed E-state index contributed by atoms with van der Waals surface area (Å²) in [6.07, 6.45) is 3.61. The van der Waals surface area contributed by atoms with Crippen molar-refractivity contribution in [2.24, 2.45) is 0 Å². The van der Waals surface area contributed by atoms with Crippen LogP contribution in [0.1, 0.15) is 10.5 Å². The second-order valence-corrected chi connectivity index (χ2v) is 13.1. The van der Waals surface area contributed by atoms with Crippen LogP contribution in [-0.4, -0.2) is 37.3 Å². The van der Waals surface area contributed by atoms with Crippen LogP contribution in [0, 0.1) is 3.57 Å². The van der Waals surface area contributed by atoms with Crippen molar-refractivity contribution in [3.05, 3.63) is 27.7 Å². The van der Waals surface area contributed by atoms with Crippen LogP contribution in [0.5, 0.6) is 0 Å². The summed E-state index contributed by atoms with van der Waals surface area (Å²) in [4.78, 5) is 16.1. The second-order valence-electron chi connectivity index (χ2n) is 6.34. The minimum absolute atomic E-state index is 0.330. The molecule has 0 aliphatic rings. The smallest absolute Gasteiger partial charge is 0.358 e. The Bertz CT molecular complexity index is 679. The molecule has 5 nitrogen and oxygen atoms in total. The summed E-state index contributed by atoms with van der Waals surface area (Å²) in [7, 11) is 0.266. The number of hydrogen-bond donors (Lipinski definition) is 0. The normalized spacial score (nSPS) is 11.9. The molecule has 0 radical (unpaired) electrons. The van der Waals surface area contributed by atoms with Crippen molar-refractivity contribution >= 4 is 47.5 Å². The third kappa shape index (κ3) is 4.08. The zero-order chi connectivity index (χ0) is 16.3. The summed E-state index contributed by atoms with van der Waals surface area (Å²) in [5, 5.41) is 0.991. The van der Waals surface area contributed by atoms with Crippen molar-refractivity contribution < 1.29 is 14.3 Å². The van der Waals surface area contributed by atoms with Crippen molar-refractivity contribution in [1.82, 2.24) is 9.55 Å². The lowest BCUT2D eigenvalue weighted by atomic mass is 10.2. The third-order valence-corrected chi connectivity index (χ3v) is 5.91. The van der Waals surface area contributed by atoms with Gasteiger partial charge in [0.25, 0.3) is 0 Å². The average Bonchev–Trinajstić information content (AvgIpc) is 2.79. The average molecular weight is 432 g/mol. The summed E-state index contributed by atoms with van der Waals surface area (Å²) < 4.78 is 13.6. The Kier molecular flexibility index (Phi) is 5.62. The van der Waals surface area contributed by atoms with E-state index in [1.165, 1.54) is 7.11 Å². The predicted molar refractivity (Wildman–Crippen MR) is 97.9 cm³/mol. The first-order valence-electron chi connectivity index (χ1n) is 7.13. The van der Waals surface area contributed by atoms with Crippen LogP contribution in [-0.2, 0) is 16.2 Å². The number of fused-ring (bicyclic) bond motifs is 1. The lowest BCUT2D eigenvalue weighted by molar-refractivity contribution is 0.0594. The molecule has 7 heteroatoms. The SMILES string of the molecule is COC(=O)c1nccc2c(I)cn(COCC[Si](C)(C)C)c12. The molecule has 0 saturated carbocycles. The molecule has 0 aliphatic carbocycles. The number of hydrogen-bond acceptors (Lipinski definition) is 4. The van der Waals surface area contributed by atoms with Gasteiger partial charge < -0.3 is 14.0 Å². The van der Waals surface area contributed by atoms with E-state index in [4.69, 9.17) is 9.47 Å². The molecule has 0 saturated heterocycles. The fourth-order valence-corrected chi connectivity index (χ4v) is 3.63. The van der Waals surface area contributed by atoms with Crippen LogP contribution in [0.2, 0.25) is 25.7 Å². The second kappa shape index (κ2) is 7.09. The zero-order valence-corrected chi connectivity index (χ0v) is 16.5. The van der Waals surface area contributed by atoms with Crippen LogP contribution in [0.3, 0.4) is 0 Å². The van der Waals surface area contributed by atoms with Crippen molar-refractivity contribution in [3.63, 3.8) is 0 Å². The van der Waals surface area contributed by atoms with E-state index in [-0.39, 0.29) is 0 Å². The first-order chi connectivity index (χ1) is 10.3.